The molecular formula is C11H18N2O3. The lowest BCUT2D eigenvalue weighted by atomic mass is 10.2. The molecule has 1 unspecified atom stereocenters. The Morgan fingerprint density at radius 1 is 1.50 bits per heavy atom. The maximum absolute atomic E-state index is 11.7. The number of amides is 2. The van der Waals surface area contributed by atoms with E-state index in [0.29, 0.717) is 6.42 Å². The average molecular weight is 226 g/mol. The fourth-order valence-corrected chi connectivity index (χ4v) is 1.13. The Balaban J connectivity index is 4.51. The smallest absolute Gasteiger partial charge is 0.323 e. The predicted molar refractivity (Wildman–Crippen MR) is 60.9 cm³/mol. The van der Waals surface area contributed by atoms with Crippen LogP contribution in [0, 0.1) is 12.3 Å². The number of hydrogen-bond donors (Lipinski definition) is 2. The van der Waals surface area contributed by atoms with Gasteiger partial charge in [-0.2, -0.15) is 0 Å². The lowest BCUT2D eigenvalue weighted by Crippen LogP contribution is -2.49. The highest BCUT2D eigenvalue weighted by Gasteiger charge is 2.20. The SMILES string of the molecule is C#CC(CC)NC(=O)N(CC(=O)O)C(C)C. The van der Waals surface area contributed by atoms with Crippen molar-refractivity contribution >= 4 is 12.0 Å². The predicted octanol–water partition coefficient (Wildman–Crippen LogP) is 0.903. The second-order valence-corrected chi connectivity index (χ2v) is 3.69. The van der Waals surface area contributed by atoms with E-state index in [9.17, 15) is 9.59 Å². The van der Waals surface area contributed by atoms with Gasteiger partial charge < -0.3 is 15.3 Å². The molecule has 2 amide bonds. The van der Waals surface area contributed by atoms with Crippen LogP contribution >= 0.6 is 0 Å². The van der Waals surface area contributed by atoms with E-state index in [4.69, 9.17) is 11.5 Å². The van der Waals surface area contributed by atoms with Crippen LogP contribution in [0.1, 0.15) is 27.2 Å². The number of terminal acetylenes is 1. The lowest BCUT2D eigenvalue weighted by molar-refractivity contribution is -0.138. The number of hydrogen-bond acceptors (Lipinski definition) is 2. The molecular weight excluding hydrogens is 208 g/mol. The van der Waals surface area contributed by atoms with Crippen LogP contribution in [0.2, 0.25) is 0 Å². The number of rotatable bonds is 5. The quantitative estimate of drug-likeness (QED) is 0.684. The summed E-state index contributed by atoms with van der Waals surface area (Å²) in [4.78, 5) is 23.5. The van der Waals surface area contributed by atoms with Crippen LogP contribution in [-0.4, -0.2) is 40.6 Å². The molecule has 16 heavy (non-hydrogen) atoms. The van der Waals surface area contributed by atoms with Gasteiger partial charge in [-0.3, -0.25) is 4.79 Å². The van der Waals surface area contributed by atoms with Gasteiger partial charge in [-0.15, -0.1) is 6.42 Å². The van der Waals surface area contributed by atoms with Gasteiger partial charge in [-0.1, -0.05) is 12.8 Å². The molecule has 0 fully saturated rings. The number of urea groups is 1. The second-order valence-electron chi connectivity index (χ2n) is 3.69. The van der Waals surface area contributed by atoms with Crippen molar-refractivity contribution < 1.29 is 14.7 Å². The molecule has 0 aliphatic carbocycles. The van der Waals surface area contributed by atoms with Gasteiger partial charge in [0.2, 0.25) is 0 Å². The minimum absolute atomic E-state index is 0.189. The summed E-state index contributed by atoms with van der Waals surface area (Å²) in [5.41, 5.74) is 0. The van der Waals surface area contributed by atoms with E-state index in [1.807, 2.05) is 6.92 Å². The Bertz CT molecular complexity index is 294. The molecule has 0 spiro atoms. The third-order valence-electron chi connectivity index (χ3n) is 2.10. The number of carbonyl (C=O) groups is 2. The van der Waals surface area contributed by atoms with Crippen molar-refractivity contribution in [2.24, 2.45) is 0 Å². The van der Waals surface area contributed by atoms with E-state index < -0.39 is 12.0 Å². The van der Waals surface area contributed by atoms with E-state index in [0.717, 1.165) is 0 Å². The fourth-order valence-electron chi connectivity index (χ4n) is 1.13. The number of carbonyl (C=O) groups excluding carboxylic acids is 1. The van der Waals surface area contributed by atoms with Gasteiger partial charge >= 0.3 is 12.0 Å². The molecule has 0 aromatic heterocycles. The van der Waals surface area contributed by atoms with Gasteiger partial charge in [0.05, 0.1) is 6.04 Å². The zero-order valence-electron chi connectivity index (χ0n) is 9.86. The molecule has 0 radical (unpaired) electrons. The highest BCUT2D eigenvalue weighted by atomic mass is 16.4. The van der Waals surface area contributed by atoms with Crippen molar-refractivity contribution in [2.75, 3.05) is 6.54 Å². The van der Waals surface area contributed by atoms with Gasteiger partial charge in [0.25, 0.3) is 0 Å². The topological polar surface area (TPSA) is 69.6 Å². The molecule has 0 saturated carbocycles. The minimum Gasteiger partial charge on any atom is -0.480 e. The van der Waals surface area contributed by atoms with Crippen LogP contribution in [0.25, 0.3) is 0 Å². The summed E-state index contributed by atoms with van der Waals surface area (Å²) in [5, 5.41) is 11.3. The van der Waals surface area contributed by atoms with Crippen molar-refractivity contribution in [3.8, 4) is 12.3 Å². The minimum atomic E-state index is -1.04. The molecule has 0 aromatic rings. The summed E-state index contributed by atoms with van der Waals surface area (Å²) in [7, 11) is 0. The van der Waals surface area contributed by atoms with Crippen LogP contribution in [-0.2, 0) is 4.79 Å². The molecule has 0 aliphatic rings. The largest absolute Gasteiger partial charge is 0.480 e. The van der Waals surface area contributed by atoms with E-state index >= 15 is 0 Å². The number of carboxylic acid groups (broad SMARTS) is 1. The summed E-state index contributed by atoms with van der Waals surface area (Å²) in [5.74, 6) is 1.38. The van der Waals surface area contributed by atoms with Crippen LogP contribution in [0.4, 0.5) is 4.79 Å². The van der Waals surface area contributed by atoms with Gasteiger partial charge in [0, 0.05) is 6.04 Å². The van der Waals surface area contributed by atoms with E-state index in [1.165, 1.54) is 4.90 Å². The van der Waals surface area contributed by atoms with Crippen molar-refractivity contribution in [1.29, 1.82) is 0 Å². The summed E-state index contributed by atoms with van der Waals surface area (Å²) < 4.78 is 0. The Labute approximate surface area is 95.8 Å². The van der Waals surface area contributed by atoms with Crippen molar-refractivity contribution in [1.82, 2.24) is 10.2 Å². The molecule has 5 heteroatoms. The normalized spacial score (nSPS) is 11.7. The number of nitrogens with one attached hydrogen (secondary N) is 1. The first-order valence-electron chi connectivity index (χ1n) is 5.17. The number of carboxylic acids is 1. The maximum atomic E-state index is 11.7. The molecule has 0 aromatic carbocycles. The molecule has 5 nitrogen and oxygen atoms in total. The van der Waals surface area contributed by atoms with Crippen LogP contribution in [0.5, 0.6) is 0 Å². The number of aliphatic carboxylic acids is 1. The highest BCUT2D eigenvalue weighted by Crippen LogP contribution is 2.00. The van der Waals surface area contributed by atoms with E-state index in [1.54, 1.807) is 13.8 Å². The standard InChI is InChI=1S/C11H18N2O3/c1-5-9(6-2)12-11(16)13(8(3)4)7-10(14)15/h1,8-9H,6-7H2,2-4H3,(H,12,16)(H,14,15). The molecule has 0 bridgehead atoms. The number of nitrogens with zero attached hydrogens (tertiary/aromatic N) is 1. The lowest BCUT2D eigenvalue weighted by Gasteiger charge is -2.26. The third kappa shape index (κ3) is 4.69. The summed E-state index contributed by atoms with van der Waals surface area (Å²) >= 11 is 0. The Hall–Kier alpha value is -1.70. The van der Waals surface area contributed by atoms with Crippen LogP contribution in [0.15, 0.2) is 0 Å². The summed E-state index contributed by atoms with van der Waals surface area (Å²) in [6.07, 6.45) is 5.82. The molecule has 0 saturated heterocycles. The first-order chi connectivity index (χ1) is 7.42. The van der Waals surface area contributed by atoms with E-state index in [2.05, 4.69) is 11.2 Å². The highest BCUT2D eigenvalue weighted by molar-refractivity contribution is 5.80. The zero-order valence-corrected chi connectivity index (χ0v) is 9.86. The van der Waals surface area contributed by atoms with Gasteiger partial charge in [0.15, 0.2) is 0 Å². The maximum Gasteiger partial charge on any atom is 0.323 e. The van der Waals surface area contributed by atoms with Crippen molar-refractivity contribution in [3.63, 3.8) is 0 Å². The average Bonchev–Trinajstić information content (AvgIpc) is 2.21. The first-order valence-corrected chi connectivity index (χ1v) is 5.17. The molecule has 2 N–H and O–H groups in total. The van der Waals surface area contributed by atoms with Crippen LogP contribution in [0.3, 0.4) is 0 Å². The second kappa shape index (κ2) is 6.72. The van der Waals surface area contributed by atoms with Crippen molar-refractivity contribution in [2.45, 2.75) is 39.3 Å². The Morgan fingerprint density at radius 2 is 2.06 bits per heavy atom. The first kappa shape index (κ1) is 14.3. The summed E-state index contributed by atoms with van der Waals surface area (Å²) in [6, 6.07) is -0.990. The monoisotopic (exact) mass is 226 g/mol. The van der Waals surface area contributed by atoms with E-state index in [-0.39, 0.29) is 18.6 Å². The molecule has 0 rings (SSSR count). The van der Waals surface area contributed by atoms with Crippen molar-refractivity contribution in [3.05, 3.63) is 0 Å². The Kier molecular flexibility index (Phi) is 6.01. The molecule has 90 valence electrons. The van der Waals surface area contributed by atoms with Gasteiger partial charge in [0.1, 0.15) is 6.54 Å². The van der Waals surface area contributed by atoms with Crippen LogP contribution < -0.4 is 5.32 Å². The Morgan fingerprint density at radius 3 is 2.38 bits per heavy atom. The summed E-state index contributed by atoms with van der Waals surface area (Å²) in [6.45, 7) is 5.02. The third-order valence-corrected chi connectivity index (χ3v) is 2.10. The zero-order chi connectivity index (χ0) is 12.7. The molecule has 1 atom stereocenters. The fraction of sp³-hybridized carbons (Fsp3) is 0.636. The molecule has 0 aliphatic heterocycles. The van der Waals surface area contributed by atoms with Gasteiger partial charge in [-0.25, -0.2) is 4.79 Å². The molecule has 0 heterocycles. The van der Waals surface area contributed by atoms with Gasteiger partial charge in [-0.05, 0) is 20.3 Å².